The molecule has 0 fully saturated rings. The summed E-state index contributed by atoms with van der Waals surface area (Å²) in [6.07, 6.45) is 0. The average molecular weight is 300 g/mol. The summed E-state index contributed by atoms with van der Waals surface area (Å²) in [6, 6.07) is 7.69. The molecule has 0 saturated carbocycles. The number of nitrogens with zero attached hydrogens (tertiary/aromatic N) is 2. The molecule has 5 nitrogen and oxygen atoms in total. The van der Waals surface area contributed by atoms with Crippen molar-refractivity contribution in [1.82, 2.24) is 9.97 Å². The number of hydrogen-bond acceptors (Lipinski definition) is 6. The van der Waals surface area contributed by atoms with E-state index in [2.05, 4.69) is 29.2 Å². The van der Waals surface area contributed by atoms with E-state index >= 15 is 0 Å². The van der Waals surface area contributed by atoms with Crippen molar-refractivity contribution in [2.24, 2.45) is 5.84 Å². The van der Waals surface area contributed by atoms with E-state index in [1.807, 2.05) is 24.3 Å². The first-order valence-electron chi connectivity index (χ1n) is 6.53. The largest absolute Gasteiger partial charge is 0.496 e. The van der Waals surface area contributed by atoms with Crippen molar-refractivity contribution < 1.29 is 4.74 Å². The number of nitrogens with two attached hydrogens (primary N) is 1. The van der Waals surface area contributed by atoms with E-state index < -0.39 is 0 Å². The number of aryl methyl sites for hydroxylation is 2. The molecular formula is C15H16N4OS. The molecule has 0 spiro atoms. The van der Waals surface area contributed by atoms with Gasteiger partial charge in [-0.05, 0) is 31.5 Å². The predicted molar refractivity (Wildman–Crippen MR) is 86.7 cm³/mol. The molecule has 0 aliphatic heterocycles. The zero-order chi connectivity index (χ0) is 15.0. The smallest absolute Gasteiger partial charge is 0.166 e. The highest BCUT2D eigenvalue weighted by molar-refractivity contribution is 7.18. The number of hydrazine groups is 1. The van der Waals surface area contributed by atoms with E-state index in [4.69, 9.17) is 10.6 Å². The van der Waals surface area contributed by atoms with Gasteiger partial charge in [-0.2, -0.15) is 0 Å². The molecule has 3 aromatic rings. The van der Waals surface area contributed by atoms with Gasteiger partial charge in [0.25, 0.3) is 0 Å². The molecule has 0 saturated heterocycles. The molecule has 0 radical (unpaired) electrons. The minimum atomic E-state index is 0.606. The lowest BCUT2D eigenvalue weighted by atomic mass is 10.1. The normalized spacial score (nSPS) is 10.9. The highest BCUT2D eigenvalue weighted by Crippen LogP contribution is 2.36. The van der Waals surface area contributed by atoms with Crippen molar-refractivity contribution in [2.75, 3.05) is 12.5 Å². The topological polar surface area (TPSA) is 73.1 Å². The Balaban J connectivity index is 2.29. The Morgan fingerprint density at radius 2 is 1.95 bits per heavy atom. The van der Waals surface area contributed by atoms with Crippen LogP contribution < -0.4 is 16.0 Å². The van der Waals surface area contributed by atoms with E-state index in [0.717, 1.165) is 27.1 Å². The number of benzene rings is 1. The molecule has 21 heavy (non-hydrogen) atoms. The van der Waals surface area contributed by atoms with Gasteiger partial charge in [0, 0.05) is 4.88 Å². The SMILES string of the molecule is COc1ccccc1-c1nc(NN)c2c(C)c(C)sc2n1. The van der Waals surface area contributed by atoms with Gasteiger partial charge < -0.3 is 10.2 Å². The maximum atomic E-state index is 5.64. The quantitative estimate of drug-likeness (QED) is 0.573. The maximum absolute atomic E-state index is 5.64. The third-order valence-electron chi connectivity index (χ3n) is 3.51. The van der Waals surface area contributed by atoms with Gasteiger partial charge in [0.05, 0.1) is 18.1 Å². The lowest BCUT2D eigenvalue weighted by Gasteiger charge is -2.09. The van der Waals surface area contributed by atoms with Crippen LogP contribution in [0.4, 0.5) is 5.82 Å². The summed E-state index contributed by atoms with van der Waals surface area (Å²) in [5, 5.41) is 0.985. The first-order chi connectivity index (χ1) is 10.2. The van der Waals surface area contributed by atoms with Gasteiger partial charge in [0.2, 0.25) is 0 Å². The second kappa shape index (κ2) is 5.31. The van der Waals surface area contributed by atoms with Crippen LogP contribution in [0.5, 0.6) is 5.75 Å². The minimum absolute atomic E-state index is 0.606. The second-order valence-electron chi connectivity index (χ2n) is 4.70. The number of nitrogen functional groups attached to an aromatic ring is 1. The Morgan fingerprint density at radius 1 is 1.19 bits per heavy atom. The summed E-state index contributed by atoms with van der Waals surface area (Å²) < 4.78 is 5.39. The van der Waals surface area contributed by atoms with Gasteiger partial charge in [-0.1, -0.05) is 12.1 Å². The number of fused-ring (bicyclic) bond motifs is 1. The fraction of sp³-hybridized carbons (Fsp3) is 0.200. The van der Waals surface area contributed by atoms with Gasteiger partial charge in [0.15, 0.2) is 11.6 Å². The Kier molecular flexibility index (Phi) is 3.48. The molecule has 1 aromatic carbocycles. The number of rotatable bonds is 3. The van der Waals surface area contributed by atoms with Crippen LogP contribution in [-0.2, 0) is 0 Å². The van der Waals surface area contributed by atoms with E-state index in [1.54, 1.807) is 18.4 Å². The Labute approximate surface area is 126 Å². The summed E-state index contributed by atoms with van der Waals surface area (Å²) in [4.78, 5) is 11.4. The van der Waals surface area contributed by atoms with Crippen molar-refractivity contribution in [3.05, 3.63) is 34.7 Å². The van der Waals surface area contributed by atoms with E-state index in [1.165, 1.54) is 4.88 Å². The van der Waals surface area contributed by atoms with E-state index in [0.29, 0.717) is 11.6 Å². The van der Waals surface area contributed by atoms with Crippen LogP contribution in [0.3, 0.4) is 0 Å². The van der Waals surface area contributed by atoms with Crippen molar-refractivity contribution >= 4 is 27.4 Å². The molecule has 0 aliphatic rings. The fourth-order valence-corrected chi connectivity index (χ4v) is 3.33. The van der Waals surface area contributed by atoms with E-state index in [-0.39, 0.29) is 0 Å². The fourth-order valence-electron chi connectivity index (χ4n) is 2.30. The molecular weight excluding hydrogens is 284 g/mol. The molecule has 0 atom stereocenters. The molecule has 0 bridgehead atoms. The van der Waals surface area contributed by atoms with Gasteiger partial charge in [-0.3, -0.25) is 0 Å². The van der Waals surface area contributed by atoms with Gasteiger partial charge >= 0.3 is 0 Å². The van der Waals surface area contributed by atoms with Gasteiger partial charge in [-0.15, -0.1) is 11.3 Å². The predicted octanol–water partition coefficient (Wildman–Crippen LogP) is 3.27. The zero-order valence-corrected chi connectivity index (χ0v) is 12.9. The highest BCUT2D eigenvalue weighted by atomic mass is 32.1. The van der Waals surface area contributed by atoms with Crippen LogP contribution >= 0.6 is 11.3 Å². The molecule has 3 N–H and O–H groups in total. The maximum Gasteiger partial charge on any atom is 0.166 e. The monoisotopic (exact) mass is 300 g/mol. The summed E-state index contributed by atoms with van der Waals surface area (Å²) in [6.45, 7) is 4.13. The Bertz CT molecular complexity index is 813. The summed E-state index contributed by atoms with van der Waals surface area (Å²) >= 11 is 1.64. The molecule has 0 amide bonds. The number of para-hydroxylation sites is 1. The summed E-state index contributed by atoms with van der Waals surface area (Å²) in [5.74, 6) is 7.63. The molecule has 2 aromatic heterocycles. The Morgan fingerprint density at radius 3 is 2.67 bits per heavy atom. The molecule has 3 rings (SSSR count). The third kappa shape index (κ3) is 2.22. The lowest BCUT2D eigenvalue weighted by Crippen LogP contribution is -2.10. The zero-order valence-electron chi connectivity index (χ0n) is 12.1. The van der Waals surface area contributed by atoms with Crippen LogP contribution in [0.2, 0.25) is 0 Å². The molecule has 0 unspecified atom stereocenters. The van der Waals surface area contributed by atoms with Crippen molar-refractivity contribution in [1.29, 1.82) is 0 Å². The summed E-state index contributed by atoms with van der Waals surface area (Å²) in [5.41, 5.74) is 4.70. The molecule has 0 aliphatic carbocycles. The highest BCUT2D eigenvalue weighted by Gasteiger charge is 2.16. The Hall–Kier alpha value is -2.18. The third-order valence-corrected chi connectivity index (χ3v) is 4.61. The second-order valence-corrected chi connectivity index (χ2v) is 5.91. The number of hydrogen-bond donors (Lipinski definition) is 2. The standard InChI is InChI=1S/C15H16N4OS/c1-8-9(2)21-15-12(8)14(19-16)17-13(18-15)10-6-4-5-7-11(10)20-3/h4-7H,16H2,1-3H3,(H,17,18,19). The molecule has 2 heterocycles. The average Bonchev–Trinajstić information content (AvgIpc) is 2.81. The van der Waals surface area contributed by atoms with Crippen molar-refractivity contribution in [3.63, 3.8) is 0 Å². The molecule has 108 valence electrons. The number of anilines is 1. The number of aromatic nitrogens is 2. The first-order valence-corrected chi connectivity index (χ1v) is 7.35. The van der Waals surface area contributed by atoms with Crippen molar-refractivity contribution in [3.8, 4) is 17.1 Å². The van der Waals surface area contributed by atoms with Crippen LogP contribution in [0, 0.1) is 13.8 Å². The van der Waals surface area contributed by atoms with Gasteiger partial charge in [0.1, 0.15) is 10.6 Å². The summed E-state index contributed by atoms with van der Waals surface area (Å²) in [7, 11) is 1.64. The van der Waals surface area contributed by atoms with Crippen LogP contribution in [0.1, 0.15) is 10.4 Å². The van der Waals surface area contributed by atoms with Crippen LogP contribution in [0.15, 0.2) is 24.3 Å². The lowest BCUT2D eigenvalue weighted by molar-refractivity contribution is 0.416. The molecule has 6 heteroatoms. The van der Waals surface area contributed by atoms with E-state index in [9.17, 15) is 0 Å². The number of nitrogens with one attached hydrogen (secondary N) is 1. The van der Waals surface area contributed by atoms with Crippen LogP contribution in [-0.4, -0.2) is 17.1 Å². The first kappa shape index (κ1) is 13.8. The number of ether oxygens (including phenoxy) is 1. The van der Waals surface area contributed by atoms with Crippen LogP contribution in [0.25, 0.3) is 21.6 Å². The van der Waals surface area contributed by atoms with Gasteiger partial charge in [-0.25, -0.2) is 15.8 Å². The minimum Gasteiger partial charge on any atom is -0.496 e. The van der Waals surface area contributed by atoms with Crippen molar-refractivity contribution in [2.45, 2.75) is 13.8 Å². The number of methoxy groups -OCH3 is 1. The number of thiophene rings is 1.